The van der Waals surface area contributed by atoms with Gasteiger partial charge in [0.25, 0.3) is 0 Å². The molecule has 1 unspecified atom stereocenters. The Kier molecular flexibility index (Phi) is 13.7. The molecule has 0 saturated carbocycles. The van der Waals surface area contributed by atoms with Crippen LogP contribution in [0.25, 0.3) is 0 Å². The van der Waals surface area contributed by atoms with Crippen molar-refractivity contribution in [3.8, 4) is 0 Å². The van der Waals surface area contributed by atoms with Crippen LogP contribution in [-0.2, 0) is 0 Å². The highest BCUT2D eigenvalue weighted by atomic mass is 15.3. The van der Waals surface area contributed by atoms with Crippen molar-refractivity contribution in [2.24, 2.45) is 0 Å². The predicted molar refractivity (Wildman–Crippen MR) is 102 cm³/mol. The number of rotatable bonds is 14. The van der Waals surface area contributed by atoms with Crippen LogP contribution >= 0.6 is 0 Å². The molecular weight excluding hydrogens is 266 g/mol. The molecule has 0 radical (unpaired) electrons. The second-order valence-electron chi connectivity index (χ2n) is 7.49. The third kappa shape index (κ3) is 13.1. The van der Waals surface area contributed by atoms with Crippen molar-refractivity contribution in [2.45, 2.75) is 90.5 Å². The summed E-state index contributed by atoms with van der Waals surface area (Å²) in [5.41, 5.74) is 0. The van der Waals surface area contributed by atoms with E-state index in [9.17, 15) is 0 Å². The summed E-state index contributed by atoms with van der Waals surface area (Å²) in [5.74, 6) is 0. The molecule has 0 N–H and O–H groups in total. The van der Waals surface area contributed by atoms with Crippen molar-refractivity contribution in [3.63, 3.8) is 0 Å². The Morgan fingerprint density at radius 3 is 2.00 bits per heavy atom. The Morgan fingerprint density at radius 1 is 0.727 bits per heavy atom. The molecule has 1 atom stereocenters. The van der Waals surface area contributed by atoms with Gasteiger partial charge in [0.05, 0.1) is 27.2 Å². The van der Waals surface area contributed by atoms with E-state index in [1.807, 2.05) is 0 Å². The molecule has 0 aliphatic carbocycles. The maximum Gasteiger partial charge on any atom is 0.0887 e. The van der Waals surface area contributed by atoms with Gasteiger partial charge in [-0.25, -0.2) is 0 Å². The zero-order valence-electron chi connectivity index (χ0n) is 16.1. The molecular formula is C21H42N+. The monoisotopic (exact) mass is 308 g/mol. The summed E-state index contributed by atoms with van der Waals surface area (Å²) in [5, 5.41) is 0. The van der Waals surface area contributed by atoms with Crippen LogP contribution in [0.2, 0.25) is 0 Å². The van der Waals surface area contributed by atoms with Crippen molar-refractivity contribution in [1.29, 1.82) is 0 Å². The third-order valence-corrected chi connectivity index (χ3v) is 4.49. The maximum atomic E-state index is 2.38. The van der Waals surface area contributed by atoms with Gasteiger partial charge < -0.3 is 4.48 Å². The molecule has 1 nitrogen and oxygen atoms in total. The van der Waals surface area contributed by atoms with Crippen LogP contribution in [0.4, 0.5) is 0 Å². The summed E-state index contributed by atoms with van der Waals surface area (Å²) < 4.78 is 1.11. The highest BCUT2D eigenvalue weighted by molar-refractivity contribution is 4.92. The second kappa shape index (κ2) is 14.1. The van der Waals surface area contributed by atoms with Gasteiger partial charge in [0.15, 0.2) is 0 Å². The van der Waals surface area contributed by atoms with Crippen molar-refractivity contribution in [3.05, 3.63) is 24.3 Å². The number of nitrogens with zero attached hydrogens (tertiary/aromatic N) is 1. The highest BCUT2D eigenvalue weighted by Gasteiger charge is 2.21. The molecule has 0 heterocycles. The SMILES string of the molecule is CCC=CCC=CCCC(CCCCCCCC)[N+](C)(C)C. The molecule has 0 aromatic carbocycles. The average molecular weight is 309 g/mol. The summed E-state index contributed by atoms with van der Waals surface area (Å²) >= 11 is 0. The fraction of sp³-hybridized carbons (Fsp3) is 0.810. The summed E-state index contributed by atoms with van der Waals surface area (Å²) in [4.78, 5) is 0. The van der Waals surface area contributed by atoms with Gasteiger partial charge in [-0.2, -0.15) is 0 Å². The van der Waals surface area contributed by atoms with E-state index in [-0.39, 0.29) is 0 Å². The van der Waals surface area contributed by atoms with Crippen molar-refractivity contribution in [1.82, 2.24) is 0 Å². The van der Waals surface area contributed by atoms with Gasteiger partial charge in [0.1, 0.15) is 0 Å². The molecule has 0 fully saturated rings. The van der Waals surface area contributed by atoms with Crippen LogP contribution in [0.15, 0.2) is 24.3 Å². The lowest BCUT2D eigenvalue weighted by Crippen LogP contribution is -2.45. The Morgan fingerprint density at radius 2 is 1.36 bits per heavy atom. The smallest absolute Gasteiger partial charge is 0.0887 e. The molecule has 0 saturated heterocycles. The van der Waals surface area contributed by atoms with Crippen molar-refractivity contribution >= 4 is 0 Å². The number of hydrogen-bond donors (Lipinski definition) is 0. The summed E-state index contributed by atoms with van der Waals surface area (Å²) in [6.07, 6.45) is 23.9. The molecule has 0 amide bonds. The maximum absolute atomic E-state index is 2.38. The Hall–Kier alpha value is -0.560. The first-order valence-electron chi connectivity index (χ1n) is 9.63. The zero-order valence-corrected chi connectivity index (χ0v) is 16.1. The van der Waals surface area contributed by atoms with E-state index in [1.54, 1.807) is 0 Å². The third-order valence-electron chi connectivity index (χ3n) is 4.49. The minimum absolute atomic E-state index is 0.807. The lowest BCUT2D eigenvalue weighted by atomic mass is 10.00. The van der Waals surface area contributed by atoms with Gasteiger partial charge in [0.2, 0.25) is 0 Å². The molecule has 0 spiro atoms. The van der Waals surface area contributed by atoms with Crippen LogP contribution in [0, 0.1) is 0 Å². The zero-order chi connectivity index (χ0) is 16.7. The van der Waals surface area contributed by atoms with Gasteiger partial charge in [0, 0.05) is 6.42 Å². The van der Waals surface area contributed by atoms with Gasteiger partial charge in [-0.05, 0) is 32.1 Å². The average Bonchev–Trinajstić information content (AvgIpc) is 2.46. The summed E-state index contributed by atoms with van der Waals surface area (Å²) in [6, 6.07) is 0.807. The van der Waals surface area contributed by atoms with E-state index in [0.717, 1.165) is 23.4 Å². The first-order valence-corrected chi connectivity index (χ1v) is 9.63. The molecule has 0 aromatic rings. The highest BCUT2D eigenvalue weighted by Crippen LogP contribution is 2.18. The molecule has 0 aromatic heterocycles. The van der Waals surface area contributed by atoms with Crippen molar-refractivity contribution in [2.75, 3.05) is 21.1 Å². The number of allylic oxidation sites excluding steroid dienone is 4. The Labute approximate surface area is 141 Å². The van der Waals surface area contributed by atoms with Gasteiger partial charge in [-0.15, -0.1) is 0 Å². The van der Waals surface area contributed by atoms with Gasteiger partial charge >= 0.3 is 0 Å². The number of hydrogen-bond acceptors (Lipinski definition) is 0. The molecule has 0 rings (SSSR count). The standard InChI is InChI=1S/C21H42N/c1-6-8-10-12-14-16-18-20-21(22(3,4)5)19-17-15-13-11-9-7-2/h8,10,14,16,21H,6-7,9,11-13,15,17-20H2,1-5H3/q+1. The number of quaternary nitrogens is 1. The first kappa shape index (κ1) is 21.4. The van der Waals surface area contributed by atoms with E-state index >= 15 is 0 Å². The lowest BCUT2D eigenvalue weighted by molar-refractivity contribution is -0.896. The summed E-state index contributed by atoms with van der Waals surface area (Å²) in [7, 11) is 7.07. The van der Waals surface area contributed by atoms with E-state index < -0.39 is 0 Å². The second-order valence-corrected chi connectivity index (χ2v) is 7.49. The van der Waals surface area contributed by atoms with Crippen LogP contribution < -0.4 is 0 Å². The van der Waals surface area contributed by atoms with Crippen molar-refractivity contribution < 1.29 is 4.48 Å². The first-order chi connectivity index (χ1) is 10.5. The van der Waals surface area contributed by atoms with E-state index in [1.165, 1.54) is 57.8 Å². The number of unbranched alkanes of at least 4 members (excludes halogenated alkanes) is 5. The van der Waals surface area contributed by atoms with Crippen LogP contribution in [0.3, 0.4) is 0 Å². The van der Waals surface area contributed by atoms with Gasteiger partial charge in [-0.1, -0.05) is 70.3 Å². The molecule has 1 heteroatoms. The minimum Gasteiger partial charge on any atom is -0.328 e. The van der Waals surface area contributed by atoms with Crippen LogP contribution in [-0.4, -0.2) is 31.7 Å². The fourth-order valence-corrected chi connectivity index (χ4v) is 2.92. The fourth-order valence-electron chi connectivity index (χ4n) is 2.92. The lowest BCUT2D eigenvalue weighted by Gasteiger charge is -2.34. The predicted octanol–water partition coefficient (Wildman–Crippen LogP) is 6.50. The summed E-state index contributed by atoms with van der Waals surface area (Å²) in [6.45, 7) is 4.48. The Balaban J connectivity index is 3.91. The van der Waals surface area contributed by atoms with Crippen LogP contribution in [0.1, 0.15) is 84.5 Å². The van der Waals surface area contributed by atoms with Crippen LogP contribution in [0.5, 0.6) is 0 Å². The van der Waals surface area contributed by atoms with E-state index in [0.29, 0.717) is 0 Å². The largest absolute Gasteiger partial charge is 0.328 e. The quantitative estimate of drug-likeness (QED) is 0.195. The molecule has 0 aliphatic heterocycles. The normalized spacial score (nSPS) is 14.2. The molecule has 22 heavy (non-hydrogen) atoms. The molecule has 130 valence electrons. The minimum atomic E-state index is 0.807. The topological polar surface area (TPSA) is 0 Å². The van der Waals surface area contributed by atoms with E-state index in [4.69, 9.17) is 0 Å². The van der Waals surface area contributed by atoms with Gasteiger partial charge in [-0.3, -0.25) is 0 Å². The molecule has 0 bridgehead atoms. The van der Waals surface area contributed by atoms with E-state index in [2.05, 4.69) is 59.3 Å². The Bertz CT molecular complexity index is 283. The molecule has 0 aliphatic rings.